The quantitative estimate of drug-likeness (QED) is 0.270. The van der Waals surface area contributed by atoms with Crippen LogP contribution < -0.4 is 9.47 Å². The van der Waals surface area contributed by atoms with E-state index in [4.69, 9.17) is 9.47 Å². The van der Waals surface area contributed by atoms with Crippen LogP contribution in [-0.4, -0.2) is 25.3 Å². The van der Waals surface area contributed by atoms with Gasteiger partial charge in [0.1, 0.15) is 5.82 Å². The normalized spacial score (nSPS) is 10.8. The minimum absolute atomic E-state index is 0.234. The van der Waals surface area contributed by atoms with Crippen molar-refractivity contribution in [1.82, 2.24) is 0 Å². The molecule has 1 N–H and O–H groups in total. The molecule has 7 heteroatoms. The van der Waals surface area contributed by atoms with E-state index in [-0.39, 0.29) is 11.4 Å². The summed E-state index contributed by atoms with van der Waals surface area (Å²) in [6.45, 7) is 0. The zero-order valence-corrected chi connectivity index (χ0v) is 19.6. The number of aromatic carboxylic acids is 1. The van der Waals surface area contributed by atoms with Crippen LogP contribution in [0.4, 0.5) is 4.39 Å². The fourth-order valence-corrected chi connectivity index (χ4v) is 5.59. The number of hydrogen-bond donors (Lipinski definition) is 1. The molecule has 4 nitrogen and oxygen atoms in total. The molecule has 0 aliphatic heterocycles. The van der Waals surface area contributed by atoms with Crippen molar-refractivity contribution in [1.29, 1.82) is 0 Å². The van der Waals surface area contributed by atoms with E-state index in [1.54, 1.807) is 49.8 Å². The first-order valence-corrected chi connectivity index (χ1v) is 11.9. The molecule has 0 fully saturated rings. The second kappa shape index (κ2) is 10.1. The number of benzene rings is 3. The number of thioether (sulfide) groups is 1. The van der Waals surface area contributed by atoms with Crippen molar-refractivity contribution in [2.75, 3.05) is 14.2 Å². The first kappa shape index (κ1) is 22.9. The monoisotopic (exact) mass is 480 g/mol. The topological polar surface area (TPSA) is 55.8 Å². The van der Waals surface area contributed by atoms with Crippen molar-refractivity contribution in [2.45, 2.75) is 10.6 Å². The number of hydrogen-bond acceptors (Lipinski definition) is 5. The van der Waals surface area contributed by atoms with Gasteiger partial charge in [-0.1, -0.05) is 24.3 Å². The van der Waals surface area contributed by atoms with Crippen molar-refractivity contribution in [3.8, 4) is 32.4 Å². The van der Waals surface area contributed by atoms with E-state index < -0.39 is 5.97 Å². The van der Waals surface area contributed by atoms with Crippen molar-refractivity contribution in [3.05, 3.63) is 89.7 Å². The van der Waals surface area contributed by atoms with E-state index in [2.05, 4.69) is 6.07 Å². The number of methoxy groups -OCH3 is 2. The molecule has 0 saturated heterocycles. The van der Waals surface area contributed by atoms with Crippen LogP contribution in [0, 0.1) is 5.82 Å². The first-order chi connectivity index (χ1) is 16.0. The SMILES string of the molecule is COc1ccc(-c2cc(CSc3ccccc3F)c(-c3ccc(C(=O)O)cc3)s2)cc1OC. The highest BCUT2D eigenvalue weighted by atomic mass is 32.2. The lowest BCUT2D eigenvalue weighted by Gasteiger charge is -2.08. The Hall–Kier alpha value is -3.29. The van der Waals surface area contributed by atoms with Gasteiger partial charge in [-0.3, -0.25) is 0 Å². The molecule has 0 amide bonds. The maximum atomic E-state index is 14.2. The molecule has 168 valence electrons. The summed E-state index contributed by atoms with van der Waals surface area (Å²) < 4.78 is 25.0. The number of rotatable bonds is 8. The zero-order chi connectivity index (χ0) is 23.4. The molecule has 4 aromatic rings. The Morgan fingerprint density at radius 2 is 1.64 bits per heavy atom. The van der Waals surface area contributed by atoms with Crippen LogP contribution in [0.15, 0.2) is 77.7 Å². The molecule has 0 unspecified atom stereocenters. The number of thiophene rings is 1. The molecule has 0 atom stereocenters. The smallest absolute Gasteiger partial charge is 0.335 e. The summed E-state index contributed by atoms with van der Waals surface area (Å²) in [6.07, 6.45) is 0. The van der Waals surface area contributed by atoms with Crippen LogP contribution in [0.3, 0.4) is 0 Å². The van der Waals surface area contributed by atoms with Gasteiger partial charge in [0.05, 0.1) is 19.8 Å². The second-order valence-electron chi connectivity index (χ2n) is 7.14. The van der Waals surface area contributed by atoms with Gasteiger partial charge in [0, 0.05) is 20.4 Å². The minimum atomic E-state index is -0.964. The summed E-state index contributed by atoms with van der Waals surface area (Å²) in [5.74, 6) is 0.649. The van der Waals surface area contributed by atoms with Crippen molar-refractivity contribution in [2.24, 2.45) is 0 Å². The Labute approximate surface area is 199 Å². The second-order valence-corrected chi connectivity index (χ2v) is 9.21. The lowest BCUT2D eigenvalue weighted by Crippen LogP contribution is -1.95. The van der Waals surface area contributed by atoms with Crippen LogP contribution >= 0.6 is 23.1 Å². The van der Waals surface area contributed by atoms with E-state index >= 15 is 0 Å². The maximum absolute atomic E-state index is 14.2. The summed E-state index contributed by atoms with van der Waals surface area (Å²) >= 11 is 3.03. The average Bonchev–Trinajstić information content (AvgIpc) is 3.27. The lowest BCUT2D eigenvalue weighted by atomic mass is 10.1. The molecule has 1 heterocycles. The Balaban J connectivity index is 1.74. The molecule has 4 rings (SSSR count). The molecule has 1 aromatic heterocycles. The number of carbonyl (C=O) groups is 1. The summed E-state index contributed by atoms with van der Waals surface area (Å²) in [7, 11) is 3.20. The molecule has 0 aliphatic carbocycles. The van der Waals surface area contributed by atoms with E-state index in [9.17, 15) is 14.3 Å². The highest BCUT2D eigenvalue weighted by Crippen LogP contribution is 2.42. The third kappa shape index (κ3) is 5.05. The van der Waals surface area contributed by atoms with Crippen molar-refractivity contribution >= 4 is 29.1 Å². The third-order valence-electron chi connectivity index (χ3n) is 5.09. The number of carboxylic acids is 1. The van der Waals surface area contributed by atoms with E-state index in [0.717, 1.165) is 26.4 Å². The van der Waals surface area contributed by atoms with Crippen molar-refractivity contribution in [3.63, 3.8) is 0 Å². The van der Waals surface area contributed by atoms with Gasteiger partial charge in [0.25, 0.3) is 0 Å². The van der Waals surface area contributed by atoms with E-state index in [1.165, 1.54) is 17.8 Å². The average molecular weight is 481 g/mol. The summed E-state index contributed by atoms with van der Waals surface area (Å²) in [4.78, 5) is 13.9. The largest absolute Gasteiger partial charge is 0.493 e. The molecule has 3 aromatic carbocycles. The highest BCUT2D eigenvalue weighted by molar-refractivity contribution is 7.98. The van der Waals surface area contributed by atoms with Gasteiger partial charge < -0.3 is 14.6 Å². The van der Waals surface area contributed by atoms with Gasteiger partial charge >= 0.3 is 5.97 Å². The lowest BCUT2D eigenvalue weighted by molar-refractivity contribution is 0.0697. The molecular formula is C26H21FO4S2. The van der Waals surface area contributed by atoms with Gasteiger partial charge in [0.2, 0.25) is 0 Å². The maximum Gasteiger partial charge on any atom is 0.335 e. The predicted molar refractivity (Wildman–Crippen MR) is 131 cm³/mol. The standard InChI is InChI=1S/C26H21FO4S2/c1-30-21-12-11-18(13-22(21)31-2)24-14-19(15-32-23-6-4-3-5-20(23)27)25(33-24)16-7-9-17(10-8-16)26(28)29/h3-14H,15H2,1-2H3,(H,28,29). The van der Waals surface area contributed by atoms with Crippen LogP contribution in [0.5, 0.6) is 11.5 Å². The molecule has 33 heavy (non-hydrogen) atoms. The summed E-state index contributed by atoms with van der Waals surface area (Å²) in [5, 5.41) is 9.22. The van der Waals surface area contributed by atoms with Gasteiger partial charge in [-0.25, -0.2) is 9.18 Å². The zero-order valence-electron chi connectivity index (χ0n) is 18.0. The summed E-state index contributed by atoms with van der Waals surface area (Å²) in [5.41, 5.74) is 3.17. The number of carboxylic acid groups (broad SMARTS) is 1. The van der Waals surface area contributed by atoms with Gasteiger partial charge in [-0.2, -0.15) is 0 Å². The molecule has 0 radical (unpaired) electrons. The first-order valence-electron chi connectivity index (χ1n) is 10.1. The van der Waals surface area contributed by atoms with Gasteiger partial charge in [-0.05, 0) is 65.2 Å². The predicted octanol–water partition coefficient (Wildman–Crippen LogP) is 7.23. The fraction of sp³-hybridized carbons (Fsp3) is 0.115. The van der Waals surface area contributed by atoms with Crippen LogP contribution in [0.2, 0.25) is 0 Å². The Morgan fingerprint density at radius 3 is 2.30 bits per heavy atom. The number of halogens is 1. The molecule has 0 aliphatic rings. The number of ether oxygens (including phenoxy) is 2. The Kier molecular flexibility index (Phi) is 7.01. The molecular weight excluding hydrogens is 459 g/mol. The van der Waals surface area contributed by atoms with Gasteiger partial charge in [-0.15, -0.1) is 23.1 Å². The highest BCUT2D eigenvalue weighted by Gasteiger charge is 2.16. The summed E-state index contributed by atoms with van der Waals surface area (Å²) in [6, 6.07) is 21.4. The van der Waals surface area contributed by atoms with Crippen LogP contribution in [-0.2, 0) is 5.75 Å². The van der Waals surface area contributed by atoms with Gasteiger partial charge in [0.15, 0.2) is 11.5 Å². The van der Waals surface area contributed by atoms with Crippen molar-refractivity contribution < 1.29 is 23.8 Å². The molecule has 0 bridgehead atoms. The van der Waals surface area contributed by atoms with Crippen LogP contribution in [0.1, 0.15) is 15.9 Å². The third-order valence-corrected chi connectivity index (χ3v) is 7.46. The van der Waals surface area contributed by atoms with Crippen LogP contribution in [0.25, 0.3) is 20.9 Å². The fourth-order valence-electron chi connectivity index (χ4n) is 3.39. The minimum Gasteiger partial charge on any atom is -0.493 e. The van der Waals surface area contributed by atoms with E-state index in [0.29, 0.717) is 22.1 Å². The Bertz CT molecular complexity index is 1280. The van der Waals surface area contributed by atoms with E-state index in [1.807, 2.05) is 36.4 Å². The molecule has 0 saturated carbocycles. The molecule has 0 spiro atoms. The Morgan fingerprint density at radius 1 is 0.939 bits per heavy atom.